The Morgan fingerprint density at radius 2 is 1.68 bits per heavy atom. The van der Waals surface area contributed by atoms with Gasteiger partial charge < -0.3 is 5.11 Å². The normalized spacial score (nSPS) is 15.4. The number of alkyl halides is 3. The smallest absolute Gasteiger partial charge is 0.389 e. The first-order chi connectivity index (χ1) is 8.59. The van der Waals surface area contributed by atoms with Crippen molar-refractivity contribution >= 4 is 5.78 Å². The molecule has 0 rings (SSSR count). The van der Waals surface area contributed by atoms with Gasteiger partial charge in [-0.2, -0.15) is 13.2 Å². The molecule has 1 unspecified atom stereocenters. The Morgan fingerprint density at radius 3 is 2.00 bits per heavy atom. The molecule has 0 fully saturated rings. The fourth-order valence-corrected chi connectivity index (χ4v) is 1.76. The summed E-state index contributed by atoms with van der Waals surface area (Å²) in [7, 11) is 0. The van der Waals surface area contributed by atoms with Gasteiger partial charge in [-0.15, -0.1) is 0 Å². The average molecular weight is 280 g/mol. The van der Waals surface area contributed by atoms with Crippen LogP contribution in [0.4, 0.5) is 13.2 Å². The number of hydrogen-bond acceptors (Lipinski definition) is 2. The number of allylic oxidation sites excluding steroid dienone is 2. The highest BCUT2D eigenvalue weighted by atomic mass is 19.4. The zero-order chi connectivity index (χ0) is 15.3. The van der Waals surface area contributed by atoms with Crippen molar-refractivity contribution in [3.05, 3.63) is 11.8 Å². The maximum atomic E-state index is 12.3. The van der Waals surface area contributed by atoms with Crippen molar-refractivity contribution in [3.8, 4) is 0 Å². The van der Waals surface area contributed by atoms with Crippen LogP contribution in [0, 0.1) is 11.3 Å². The summed E-state index contributed by atoms with van der Waals surface area (Å²) in [5.41, 5.74) is -0.621. The minimum Gasteiger partial charge on any atom is -0.512 e. The highest BCUT2D eigenvalue weighted by molar-refractivity contribution is 5.94. The SMILES string of the molecule is CCC(CC(F)(F)F)/C(O)=C/C(=O)C(C)(CC)CC. The van der Waals surface area contributed by atoms with Gasteiger partial charge in [-0.1, -0.05) is 27.7 Å². The minimum absolute atomic E-state index is 0.143. The second-order valence-electron chi connectivity index (χ2n) is 5.13. The Labute approximate surface area is 112 Å². The van der Waals surface area contributed by atoms with Crippen molar-refractivity contribution in [2.75, 3.05) is 0 Å². The third kappa shape index (κ3) is 5.66. The Bertz CT molecular complexity index is 328. The summed E-state index contributed by atoms with van der Waals surface area (Å²) in [5, 5.41) is 9.74. The average Bonchev–Trinajstić information content (AvgIpc) is 2.33. The van der Waals surface area contributed by atoms with E-state index in [2.05, 4.69) is 0 Å². The van der Waals surface area contributed by atoms with Crippen molar-refractivity contribution in [2.24, 2.45) is 11.3 Å². The van der Waals surface area contributed by atoms with Gasteiger partial charge in [0.1, 0.15) is 0 Å². The second kappa shape index (κ2) is 6.96. The summed E-state index contributed by atoms with van der Waals surface area (Å²) in [6, 6.07) is 0. The zero-order valence-electron chi connectivity index (χ0n) is 12.0. The predicted molar refractivity (Wildman–Crippen MR) is 68.9 cm³/mol. The fraction of sp³-hybridized carbons (Fsp3) is 0.786. The first kappa shape index (κ1) is 18.0. The minimum atomic E-state index is -4.34. The molecule has 1 atom stereocenters. The number of carbonyl (C=O) groups excluding carboxylic acids is 1. The van der Waals surface area contributed by atoms with Crippen molar-refractivity contribution in [2.45, 2.75) is 59.6 Å². The second-order valence-corrected chi connectivity index (χ2v) is 5.13. The largest absolute Gasteiger partial charge is 0.512 e. The quantitative estimate of drug-likeness (QED) is 0.537. The van der Waals surface area contributed by atoms with E-state index in [1.165, 1.54) is 0 Å². The maximum absolute atomic E-state index is 12.3. The van der Waals surface area contributed by atoms with Crippen molar-refractivity contribution in [3.63, 3.8) is 0 Å². The molecular weight excluding hydrogens is 257 g/mol. The summed E-state index contributed by atoms with van der Waals surface area (Å²) in [6.07, 6.45) is -3.15. The molecule has 0 aromatic heterocycles. The number of halogens is 3. The molecule has 0 aliphatic heterocycles. The molecule has 0 spiro atoms. The molecule has 0 bridgehead atoms. The van der Waals surface area contributed by atoms with E-state index in [4.69, 9.17) is 0 Å². The molecular formula is C14H23F3O2. The van der Waals surface area contributed by atoms with Gasteiger partial charge in [0.25, 0.3) is 0 Å². The van der Waals surface area contributed by atoms with Crippen molar-refractivity contribution < 1.29 is 23.1 Å². The number of aliphatic hydroxyl groups excluding tert-OH is 1. The van der Waals surface area contributed by atoms with Crippen LogP contribution >= 0.6 is 0 Å². The van der Waals surface area contributed by atoms with E-state index in [-0.39, 0.29) is 12.2 Å². The van der Waals surface area contributed by atoms with E-state index in [1.54, 1.807) is 13.8 Å². The van der Waals surface area contributed by atoms with Crippen LogP contribution in [-0.4, -0.2) is 17.1 Å². The summed E-state index contributed by atoms with van der Waals surface area (Å²) in [5.74, 6) is -1.81. The highest BCUT2D eigenvalue weighted by Crippen LogP contribution is 2.32. The molecule has 0 aromatic carbocycles. The summed E-state index contributed by atoms with van der Waals surface area (Å²) in [6.45, 7) is 7.01. The third-order valence-corrected chi connectivity index (χ3v) is 3.82. The number of hydrogen-bond donors (Lipinski definition) is 1. The molecule has 0 heterocycles. The number of ketones is 1. The van der Waals surface area contributed by atoms with Gasteiger partial charge in [-0.25, -0.2) is 0 Å². The van der Waals surface area contributed by atoms with Crippen LogP contribution in [0.2, 0.25) is 0 Å². The van der Waals surface area contributed by atoms with Crippen molar-refractivity contribution in [1.82, 2.24) is 0 Å². The molecule has 0 aromatic rings. The van der Waals surface area contributed by atoms with Crippen LogP contribution in [0.25, 0.3) is 0 Å². The van der Waals surface area contributed by atoms with E-state index in [0.717, 1.165) is 6.08 Å². The van der Waals surface area contributed by atoms with Gasteiger partial charge in [0.05, 0.1) is 12.2 Å². The van der Waals surface area contributed by atoms with Gasteiger partial charge in [-0.3, -0.25) is 4.79 Å². The summed E-state index contributed by atoms with van der Waals surface area (Å²) in [4.78, 5) is 12.0. The third-order valence-electron chi connectivity index (χ3n) is 3.82. The molecule has 112 valence electrons. The Kier molecular flexibility index (Phi) is 6.60. The molecule has 19 heavy (non-hydrogen) atoms. The lowest BCUT2D eigenvalue weighted by molar-refractivity contribution is -0.144. The van der Waals surface area contributed by atoms with Crippen LogP contribution < -0.4 is 0 Å². The number of rotatable bonds is 7. The van der Waals surface area contributed by atoms with Gasteiger partial charge in [0.15, 0.2) is 5.78 Å². The Balaban J connectivity index is 5.00. The van der Waals surface area contributed by atoms with Gasteiger partial charge in [-0.05, 0) is 19.3 Å². The van der Waals surface area contributed by atoms with Crippen molar-refractivity contribution in [1.29, 1.82) is 0 Å². The number of aliphatic hydroxyl groups is 1. The first-order valence-corrected chi connectivity index (χ1v) is 6.61. The molecule has 1 N–H and O–H groups in total. The van der Waals surface area contributed by atoms with Crippen LogP contribution in [0.15, 0.2) is 11.8 Å². The van der Waals surface area contributed by atoms with Crippen LogP contribution in [-0.2, 0) is 4.79 Å². The molecule has 5 heteroatoms. The van der Waals surface area contributed by atoms with Gasteiger partial charge in [0, 0.05) is 17.4 Å². The molecule has 2 nitrogen and oxygen atoms in total. The van der Waals surface area contributed by atoms with Crippen LogP contribution in [0.5, 0.6) is 0 Å². The predicted octanol–water partition coefficient (Wildman–Crippen LogP) is 4.80. The van der Waals surface area contributed by atoms with E-state index in [9.17, 15) is 23.1 Å². The Hall–Kier alpha value is -1.00. The maximum Gasteiger partial charge on any atom is 0.389 e. The molecule has 0 saturated carbocycles. The van der Waals surface area contributed by atoms with E-state index >= 15 is 0 Å². The molecule has 0 radical (unpaired) electrons. The molecule has 0 aliphatic rings. The molecule has 0 aliphatic carbocycles. The monoisotopic (exact) mass is 280 g/mol. The standard InChI is InChI=1S/C14H23F3O2/c1-5-10(9-14(15,16)17)11(18)8-12(19)13(4,6-2)7-3/h8,10,18H,5-7,9H2,1-4H3/b11-8-. The lowest BCUT2D eigenvalue weighted by Crippen LogP contribution is -2.26. The van der Waals surface area contributed by atoms with Crippen LogP contribution in [0.1, 0.15) is 53.4 Å². The lowest BCUT2D eigenvalue weighted by Gasteiger charge is -2.24. The first-order valence-electron chi connectivity index (χ1n) is 6.61. The fourth-order valence-electron chi connectivity index (χ4n) is 1.76. The van der Waals surface area contributed by atoms with E-state index in [1.807, 2.05) is 13.8 Å². The van der Waals surface area contributed by atoms with Crippen LogP contribution in [0.3, 0.4) is 0 Å². The summed E-state index contributed by atoms with van der Waals surface area (Å²) < 4.78 is 37.0. The Morgan fingerprint density at radius 1 is 1.21 bits per heavy atom. The van der Waals surface area contributed by atoms with Gasteiger partial charge >= 0.3 is 6.18 Å². The highest BCUT2D eigenvalue weighted by Gasteiger charge is 2.34. The topological polar surface area (TPSA) is 37.3 Å². The molecule has 0 amide bonds. The zero-order valence-corrected chi connectivity index (χ0v) is 12.0. The lowest BCUT2D eigenvalue weighted by atomic mass is 9.79. The number of carbonyl (C=O) groups is 1. The van der Waals surface area contributed by atoms with E-state index < -0.39 is 29.7 Å². The van der Waals surface area contributed by atoms with E-state index in [0.29, 0.717) is 12.8 Å². The molecule has 0 saturated heterocycles. The summed E-state index contributed by atoms with van der Waals surface area (Å²) >= 11 is 0. The van der Waals surface area contributed by atoms with Gasteiger partial charge in [0.2, 0.25) is 0 Å².